The predicted molar refractivity (Wildman–Crippen MR) is 143 cm³/mol. The molecule has 0 fully saturated rings. The van der Waals surface area contributed by atoms with Crippen LogP contribution in [0.4, 0.5) is 9.59 Å². The number of ether oxygens (including phenoxy) is 2. The van der Waals surface area contributed by atoms with E-state index in [0.717, 1.165) is 11.1 Å². The van der Waals surface area contributed by atoms with Gasteiger partial charge >= 0.3 is 12.2 Å². The Morgan fingerprint density at radius 1 is 0.789 bits per heavy atom. The number of hydrogen-bond donors (Lipinski definition) is 4. The van der Waals surface area contributed by atoms with Crippen LogP contribution in [0.5, 0.6) is 0 Å². The predicted octanol–water partition coefficient (Wildman–Crippen LogP) is 2.92. The second-order valence-electron chi connectivity index (χ2n) is 9.89. The van der Waals surface area contributed by atoms with Gasteiger partial charge in [-0.25, -0.2) is 9.59 Å². The summed E-state index contributed by atoms with van der Waals surface area (Å²) >= 11 is 0. The van der Waals surface area contributed by atoms with Gasteiger partial charge in [0.2, 0.25) is 11.8 Å². The van der Waals surface area contributed by atoms with Gasteiger partial charge in [-0.15, -0.1) is 0 Å². The monoisotopic (exact) mass is 526 g/mol. The van der Waals surface area contributed by atoms with Gasteiger partial charge in [-0.05, 0) is 51.2 Å². The molecule has 2 aromatic rings. The number of benzene rings is 2. The molecule has 206 valence electrons. The Morgan fingerprint density at radius 3 is 1.97 bits per heavy atom. The standard InChI is InChI=1S/C28H38N4O6/c1-20(32-27(36)38-28(2,3)4)25(34)30-17-23(15-21-11-7-5-8-12-21)16-29-24(33)18-31-26(35)37-19-22-13-9-6-10-14-22/h5-14,20,23H,15-19H2,1-4H3,(H,29,33)(H,30,34)(H,31,35)(H,32,36)/t20-,23+/m0/s1. The molecule has 2 aromatic carbocycles. The van der Waals surface area contributed by atoms with E-state index in [0.29, 0.717) is 6.42 Å². The molecule has 0 aromatic heterocycles. The average Bonchev–Trinajstić information content (AvgIpc) is 2.87. The zero-order valence-corrected chi connectivity index (χ0v) is 22.4. The summed E-state index contributed by atoms with van der Waals surface area (Å²) in [4.78, 5) is 48.7. The number of nitrogens with one attached hydrogen (secondary N) is 4. The molecular formula is C28H38N4O6. The maximum atomic E-state index is 12.6. The van der Waals surface area contributed by atoms with Crippen molar-refractivity contribution in [3.05, 3.63) is 71.8 Å². The molecule has 0 aliphatic carbocycles. The van der Waals surface area contributed by atoms with Crippen molar-refractivity contribution in [1.29, 1.82) is 0 Å². The number of alkyl carbamates (subject to hydrolysis) is 2. The number of carbonyl (C=O) groups is 4. The van der Waals surface area contributed by atoms with Gasteiger partial charge < -0.3 is 30.7 Å². The van der Waals surface area contributed by atoms with E-state index in [4.69, 9.17) is 9.47 Å². The minimum absolute atomic E-state index is 0.106. The van der Waals surface area contributed by atoms with Crippen molar-refractivity contribution < 1.29 is 28.7 Å². The zero-order chi connectivity index (χ0) is 28.0. The van der Waals surface area contributed by atoms with Crippen LogP contribution < -0.4 is 21.3 Å². The van der Waals surface area contributed by atoms with Crippen LogP contribution in [-0.4, -0.2) is 55.3 Å². The lowest BCUT2D eigenvalue weighted by Crippen LogP contribution is -2.48. The molecule has 4 amide bonds. The van der Waals surface area contributed by atoms with Crippen molar-refractivity contribution in [2.75, 3.05) is 19.6 Å². The van der Waals surface area contributed by atoms with E-state index in [1.165, 1.54) is 0 Å². The Kier molecular flexibility index (Phi) is 12.1. The third kappa shape index (κ3) is 12.8. The highest BCUT2D eigenvalue weighted by Gasteiger charge is 2.22. The van der Waals surface area contributed by atoms with Crippen molar-refractivity contribution in [2.45, 2.75) is 52.4 Å². The maximum Gasteiger partial charge on any atom is 0.408 e. The highest BCUT2D eigenvalue weighted by molar-refractivity contribution is 5.85. The molecule has 0 aliphatic heterocycles. The van der Waals surface area contributed by atoms with E-state index in [9.17, 15) is 19.2 Å². The first kappa shape index (κ1) is 30.1. The molecule has 2 atom stereocenters. The second kappa shape index (κ2) is 15.2. The Hall–Kier alpha value is -4.08. The fourth-order valence-corrected chi connectivity index (χ4v) is 3.36. The van der Waals surface area contributed by atoms with E-state index in [1.54, 1.807) is 27.7 Å². The first-order valence-electron chi connectivity index (χ1n) is 12.5. The Bertz CT molecular complexity index is 1040. The molecule has 38 heavy (non-hydrogen) atoms. The third-order valence-electron chi connectivity index (χ3n) is 5.25. The molecule has 0 saturated heterocycles. The van der Waals surface area contributed by atoms with E-state index in [1.807, 2.05) is 60.7 Å². The van der Waals surface area contributed by atoms with Crippen LogP contribution in [0.15, 0.2) is 60.7 Å². The summed E-state index contributed by atoms with van der Waals surface area (Å²) in [5.41, 5.74) is 1.21. The van der Waals surface area contributed by atoms with E-state index < -0.39 is 23.8 Å². The number of rotatable bonds is 12. The van der Waals surface area contributed by atoms with E-state index >= 15 is 0 Å². The van der Waals surface area contributed by atoms with Crippen LogP contribution in [0.2, 0.25) is 0 Å². The molecule has 10 nitrogen and oxygen atoms in total. The van der Waals surface area contributed by atoms with Crippen LogP contribution in [0, 0.1) is 5.92 Å². The smallest absolute Gasteiger partial charge is 0.408 e. The van der Waals surface area contributed by atoms with Crippen molar-refractivity contribution in [3.8, 4) is 0 Å². The highest BCUT2D eigenvalue weighted by atomic mass is 16.6. The summed E-state index contributed by atoms with van der Waals surface area (Å²) in [7, 11) is 0. The van der Waals surface area contributed by atoms with Crippen molar-refractivity contribution >= 4 is 24.0 Å². The minimum atomic E-state index is -0.803. The van der Waals surface area contributed by atoms with Gasteiger partial charge in [0.1, 0.15) is 18.2 Å². The fourth-order valence-electron chi connectivity index (χ4n) is 3.36. The van der Waals surface area contributed by atoms with Crippen molar-refractivity contribution in [1.82, 2.24) is 21.3 Å². The lowest BCUT2D eigenvalue weighted by Gasteiger charge is -2.23. The van der Waals surface area contributed by atoms with Gasteiger partial charge in [-0.3, -0.25) is 9.59 Å². The Morgan fingerprint density at radius 2 is 1.37 bits per heavy atom. The second-order valence-corrected chi connectivity index (χ2v) is 9.89. The number of carbonyl (C=O) groups excluding carboxylic acids is 4. The molecule has 0 radical (unpaired) electrons. The molecule has 10 heteroatoms. The summed E-state index contributed by atoms with van der Waals surface area (Å²) in [6.45, 7) is 7.18. The van der Waals surface area contributed by atoms with Gasteiger partial charge in [-0.1, -0.05) is 60.7 Å². The van der Waals surface area contributed by atoms with Crippen LogP contribution in [0.1, 0.15) is 38.8 Å². The van der Waals surface area contributed by atoms with Crippen LogP contribution in [0.3, 0.4) is 0 Å². The molecule has 0 aliphatic rings. The minimum Gasteiger partial charge on any atom is -0.445 e. The SMILES string of the molecule is C[C@H](NC(=O)OC(C)(C)C)C(=O)NC[C@@H](CNC(=O)CNC(=O)OCc1ccccc1)Cc1ccccc1. The van der Waals surface area contributed by atoms with E-state index in [-0.39, 0.29) is 44.0 Å². The van der Waals surface area contributed by atoms with E-state index in [2.05, 4.69) is 21.3 Å². The van der Waals surface area contributed by atoms with Gasteiger partial charge in [0.25, 0.3) is 0 Å². The largest absolute Gasteiger partial charge is 0.445 e. The third-order valence-corrected chi connectivity index (χ3v) is 5.25. The van der Waals surface area contributed by atoms with Crippen LogP contribution in [-0.2, 0) is 32.1 Å². The molecule has 4 N–H and O–H groups in total. The maximum absolute atomic E-state index is 12.6. The Labute approximate surface area is 223 Å². The van der Waals surface area contributed by atoms with Gasteiger partial charge in [-0.2, -0.15) is 0 Å². The lowest BCUT2D eigenvalue weighted by atomic mass is 9.99. The summed E-state index contributed by atoms with van der Waals surface area (Å²) in [5, 5.41) is 10.6. The van der Waals surface area contributed by atoms with Crippen LogP contribution >= 0.6 is 0 Å². The molecule has 0 heterocycles. The number of amides is 4. The molecule has 2 rings (SSSR count). The molecular weight excluding hydrogens is 488 g/mol. The first-order valence-corrected chi connectivity index (χ1v) is 12.5. The van der Waals surface area contributed by atoms with Crippen LogP contribution in [0.25, 0.3) is 0 Å². The first-order chi connectivity index (χ1) is 18.0. The normalized spacial score (nSPS) is 12.4. The molecule has 0 bridgehead atoms. The molecule has 0 unspecified atom stereocenters. The molecule has 0 spiro atoms. The zero-order valence-electron chi connectivity index (χ0n) is 22.4. The molecule has 0 saturated carbocycles. The van der Waals surface area contributed by atoms with Gasteiger partial charge in [0.15, 0.2) is 0 Å². The number of hydrogen-bond acceptors (Lipinski definition) is 6. The van der Waals surface area contributed by atoms with Gasteiger partial charge in [0.05, 0.1) is 6.54 Å². The van der Waals surface area contributed by atoms with Crippen molar-refractivity contribution in [3.63, 3.8) is 0 Å². The fraction of sp³-hybridized carbons (Fsp3) is 0.429. The quantitative estimate of drug-likeness (QED) is 0.336. The summed E-state index contributed by atoms with van der Waals surface area (Å²) in [5.74, 6) is -0.891. The average molecular weight is 527 g/mol. The summed E-state index contributed by atoms with van der Waals surface area (Å²) in [6, 6.07) is 18.1. The summed E-state index contributed by atoms with van der Waals surface area (Å²) < 4.78 is 10.3. The summed E-state index contributed by atoms with van der Waals surface area (Å²) in [6.07, 6.45) is -0.770. The lowest BCUT2D eigenvalue weighted by molar-refractivity contribution is -0.123. The van der Waals surface area contributed by atoms with Crippen molar-refractivity contribution in [2.24, 2.45) is 5.92 Å². The van der Waals surface area contributed by atoms with Gasteiger partial charge in [0, 0.05) is 13.1 Å². The topological polar surface area (TPSA) is 135 Å². The highest BCUT2D eigenvalue weighted by Crippen LogP contribution is 2.09. The Balaban J connectivity index is 1.81.